The molecule has 0 N–H and O–H groups in total. The number of carbonyl (C=O) groups excluding carboxylic acids is 2. The van der Waals surface area contributed by atoms with Crippen LogP contribution in [-0.2, 0) is 16.9 Å². The van der Waals surface area contributed by atoms with Gasteiger partial charge in [0.2, 0.25) is 5.88 Å². The van der Waals surface area contributed by atoms with Gasteiger partial charge in [0.15, 0.2) is 15.6 Å². The molecule has 0 saturated heterocycles. The lowest BCUT2D eigenvalue weighted by Crippen LogP contribution is -2.14. The average Bonchev–Trinajstić information content (AvgIpc) is 3.14. The largest absolute Gasteiger partial charge is 0.433 e. The highest BCUT2D eigenvalue weighted by Gasteiger charge is 2.31. The quantitative estimate of drug-likeness (QED) is 0.303. The summed E-state index contributed by atoms with van der Waals surface area (Å²) in [7, 11) is -2.72. The molecule has 0 aliphatic carbocycles. The maximum atomic E-state index is 13.4. The van der Waals surface area contributed by atoms with Gasteiger partial charge in [0.05, 0.1) is 11.8 Å². The van der Waals surface area contributed by atoms with Crippen molar-refractivity contribution in [3.8, 4) is 22.8 Å². The molecule has 186 valence electrons. The van der Waals surface area contributed by atoms with Gasteiger partial charge in [-0.25, -0.2) is 17.9 Å². The van der Waals surface area contributed by atoms with Gasteiger partial charge < -0.3 is 9.47 Å². The van der Waals surface area contributed by atoms with E-state index in [1.54, 1.807) is 37.3 Å². The summed E-state index contributed by atoms with van der Waals surface area (Å²) in [4.78, 5) is 24.9. The Balaban J connectivity index is 2.38. The number of ether oxygens (including phenoxy) is 2. The van der Waals surface area contributed by atoms with Crippen LogP contribution < -0.4 is 9.47 Å². The van der Waals surface area contributed by atoms with Gasteiger partial charge in [-0.2, -0.15) is 13.9 Å². The molecule has 0 aliphatic heterocycles. The van der Waals surface area contributed by atoms with Crippen LogP contribution >= 0.6 is 11.8 Å². The fourth-order valence-electron chi connectivity index (χ4n) is 3.47. The van der Waals surface area contributed by atoms with E-state index in [1.807, 2.05) is 0 Å². The van der Waals surface area contributed by atoms with Crippen molar-refractivity contribution >= 4 is 32.7 Å². The number of halogens is 2. The zero-order valence-corrected chi connectivity index (χ0v) is 20.9. The van der Waals surface area contributed by atoms with Gasteiger partial charge in [-0.1, -0.05) is 37.3 Å². The molecule has 1 aromatic heterocycles. The fourth-order valence-corrected chi connectivity index (χ4v) is 4.95. The maximum Gasteiger partial charge on any atom is 0.387 e. The number of hydrogen-bond donors (Lipinski definition) is 0. The molecular formula is C23H22F2N2O6S2. The van der Waals surface area contributed by atoms with Gasteiger partial charge in [-0.05, 0) is 24.8 Å². The molecule has 2 aromatic carbocycles. The molecule has 12 heteroatoms. The molecule has 0 saturated carbocycles. The lowest BCUT2D eigenvalue weighted by Gasteiger charge is -2.19. The first kappa shape index (κ1) is 26.4. The number of aryl methyl sites for hydroxylation is 1. The van der Waals surface area contributed by atoms with Gasteiger partial charge in [-0.15, -0.1) is 0 Å². The molecule has 35 heavy (non-hydrogen) atoms. The molecule has 3 rings (SSSR count). The molecule has 0 radical (unpaired) electrons. The smallest absolute Gasteiger partial charge is 0.387 e. The highest BCUT2D eigenvalue weighted by Crippen LogP contribution is 2.43. The van der Waals surface area contributed by atoms with Crippen molar-refractivity contribution in [3.63, 3.8) is 0 Å². The Bertz CT molecular complexity index is 1370. The Labute approximate surface area is 205 Å². The van der Waals surface area contributed by atoms with Gasteiger partial charge in [0, 0.05) is 41.3 Å². The summed E-state index contributed by atoms with van der Waals surface area (Å²) in [6.07, 6.45) is 2.05. The van der Waals surface area contributed by atoms with E-state index < -0.39 is 38.2 Å². The lowest BCUT2D eigenvalue weighted by molar-refractivity contribution is -0.0521. The van der Waals surface area contributed by atoms with Crippen LogP contribution in [0.15, 0.2) is 47.5 Å². The van der Waals surface area contributed by atoms with Crippen LogP contribution in [0, 0.1) is 6.92 Å². The molecule has 1 heterocycles. The SMILES string of the molecule is CCSC(=O)Oc1c(-c2cc(C(=O)c3ccccc3)c(C)c(OC(F)F)c2S(C)(=O)=O)cnn1C. The van der Waals surface area contributed by atoms with Crippen LogP contribution in [0.3, 0.4) is 0 Å². The average molecular weight is 525 g/mol. The number of aromatic nitrogens is 2. The highest BCUT2D eigenvalue weighted by atomic mass is 32.2. The third-order valence-electron chi connectivity index (χ3n) is 4.96. The Morgan fingerprint density at radius 2 is 1.83 bits per heavy atom. The van der Waals surface area contributed by atoms with E-state index in [9.17, 15) is 26.8 Å². The minimum Gasteiger partial charge on any atom is -0.433 e. The monoisotopic (exact) mass is 524 g/mol. The number of benzene rings is 2. The van der Waals surface area contributed by atoms with Gasteiger partial charge >= 0.3 is 11.9 Å². The molecule has 0 bridgehead atoms. The summed E-state index contributed by atoms with van der Waals surface area (Å²) >= 11 is 0.873. The minimum absolute atomic E-state index is 0.0132. The predicted molar refractivity (Wildman–Crippen MR) is 127 cm³/mol. The maximum absolute atomic E-state index is 13.4. The number of rotatable bonds is 8. The Kier molecular flexibility index (Phi) is 7.96. The van der Waals surface area contributed by atoms with E-state index >= 15 is 0 Å². The Morgan fingerprint density at radius 1 is 1.17 bits per heavy atom. The number of carbonyl (C=O) groups is 2. The molecule has 0 fully saturated rings. The number of sulfone groups is 1. The number of nitrogens with zero attached hydrogens (tertiary/aromatic N) is 2. The first-order valence-corrected chi connectivity index (χ1v) is 13.1. The lowest BCUT2D eigenvalue weighted by atomic mass is 9.94. The molecule has 8 nitrogen and oxygen atoms in total. The van der Waals surface area contributed by atoms with Gasteiger partial charge in [-0.3, -0.25) is 4.79 Å². The van der Waals surface area contributed by atoms with Gasteiger partial charge in [0.25, 0.3) is 0 Å². The van der Waals surface area contributed by atoms with E-state index in [0.29, 0.717) is 5.75 Å². The summed E-state index contributed by atoms with van der Waals surface area (Å²) in [6.45, 7) is -0.293. The second-order valence-corrected chi connectivity index (χ2v) is 10.5. The van der Waals surface area contributed by atoms with Crippen molar-refractivity contribution in [2.45, 2.75) is 25.4 Å². The van der Waals surface area contributed by atoms with E-state index in [1.165, 1.54) is 30.9 Å². The molecular weight excluding hydrogens is 502 g/mol. The van der Waals surface area contributed by atoms with Crippen LogP contribution in [0.5, 0.6) is 11.6 Å². The van der Waals surface area contributed by atoms with Crippen LogP contribution in [0.4, 0.5) is 13.6 Å². The van der Waals surface area contributed by atoms with Crippen LogP contribution in [0.2, 0.25) is 0 Å². The van der Waals surface area contributed by atoms with E-state index in [4.69, 9.17) is 4.74 Å². The van der Waals surface area contributed by atoms with E-state index in [0.717, 1.165) is 18.0 Å². The molecule has 3 aromatic rings. The number of alkyl halides is 2. The summed E-state index contributed by atoms with van der Waals surface area (Å²) in [5.74, 6) is -0.894. The summed E-state index contributed by atoms with van der Waals surface area (Å²) < 4.78 is 63.7. The number of hydrogen-bond acceptors (Lipinski definition) is 8. The second-order valence-electron chi connectivity index (χ2n) is 7.37. The summed E-state index contributed by atoms with van der Waals surface area (Å²) in [5, 5.41) is 3.37. The number of ketones is 1. The van der Waals surface area contributed by atoms with Crippen molar-refractivity contribution in [3.05, 3.63) is 59.3 Å². The fraction of sp³-hybridized carbons (Fsp3) is 0.261. The highest BCUT2D eigenvalue weighted by molar-refractivity contribution is 8.13. The van der Waals surface area contributed by atoms with Crippen molar-refractivity contribution < 1.29 is 36.3 Å². The van der Waals surface area contributed by atoms with Crippen LogP contribution in [0.25, 0.3) is 11.1 Å². The third-order valence-corrected chi connectivity index (χ3v) is 6.71. The Hall–Kier alpha value is -3.25. The van der Waals surface area contributed by atoms with Crippen molar-refractivity contribution in [1.29, 1.82) is 0 Å². The normalized spacial score (nSPS) is 11.5. The second kappa shape index (κ2) is 10.6. The Morgan fingerprint density at radius 3 is 2.40 bits per heavy atom. The molecule has 0 unspecified atom stereocenters. The molecule has 0 atom stereocenters. The first-order valence-electron chi connectivity index (χ1n) is 10.2. The third kappa shape index (κ3) is 5.70. The topological polar surface area (TPSA) is 105 Å². The zero-order chi connectivity index (χ0) is 25.9. The standard InChI is InChI=1S/C23H22F2N2O6S2/c1-5-34-23(29)33-21-17(12-26-27(21)3)16-11-15(18(28)14-9-7-6-8-10-14)13(2)19(32-22(24)25)20(16)35(4,30)31/h6-12,22H,5H2,1-4H3. The minimum atomic E-state index is -4.19. The van der Waals surface area contributed by atoms with Crippen molar-refractivity contribution in [2.75, 3.05) is 12.0 Å². The van der Waals surface area contributed by atoms with Crippen LogP contribution in [-0.4, -0.2) is 47.9 Å². The zero-order valence-electron chi connectivity index (χ0n) is 19.2. The van der Waals surface area contributed by atoms with Crippen molar-refractivity contribution in [2.24, 2.45) is 7.05 Å². The molecule has 0 aliphatic rings. The first-order chi connectivity index (χ1) is 16.5. The molecule has 0 amide bonds. The number of thioether (sulfide) groups is 1. The van der Waals surface area contributed by atoms with E-state index in [-0.39, 0.29) is 33.7 Å². The van der Waals surface area contributed by atoms with Crippen molar-refractivity contribution in [1.82, 2.24) is 9.78 Å². The van der Waals surface area contributed by atoms with Crippen LogP contribution in [0.1, 0.15) is 28.4 Å². The van der Waals surface area contributed by atoms with E-state index in [2.05, 4.69) is 9.84 Å². The van der Waals surface area contributed by atoms with Gasteiger partial charge in [0.1, 0.15) is 10.6 Å². The predicted octanol–water partition coefficient (Wildman–Crippen LogP) is 4.88. The molecule has 0 spiro atoms. The summed E-state index contributed by atoms with van der Waals surface area (Å²) in [5.41, 5.74) is -0.0240. The summed E-state index contributed by atoms with van der Waals surface area (Å²) in [6, 6.07) is 9.32.